The van der Waals surface area contributed by atoms with Crippen LogP contribution in [-0.2, 0) is 10.2 Å². The topological polar surface area (TPSA) is 73.2 Å². The molecule has 1 N–H and O–H groups in total. The summed E-state index contributed by atoms with van der Waals surface area (Å²) < 4.78 is 26.8. The highest BCUT2D eigenvalue weighted by Crippen LogP contribution is 2.01. The van der Waals surface area contributed by atoms with E-state index in [0.717, 1.165) is 0 Å². The molecule has 0 radical (unpaired) electrons. The number of nitriles is 1. The van der Waals surface area contributed by atoms with Crippen molar-refractivity contribution in [3.63, 3.8) is 0 Å². The molecule has 0 aromatic carbocycles. The molecule has 0 aromatic heterocycles. The Morgan fingerprint density at radius 3 is 2.33 bits per heavy atom. The fourth-order valence-corrected chi connectivity index (χ4v) is 2.09. The van der Waals surface area contributed by atoms with Gasteiger partial charge in [-0.2, -0.15) is 18.0 Å². The normalized spacial score (nSPS) is 14.2. The SMILES string of the molecule is CC(C)CNS(=O)(=O)N(C)CC(C)C#N. The Bertz CT molecular complexity index is 319. The molecule has 0 rings (SSSR count). The second kappa shape index (κ2) is 6.05. The third kappa shape index (κ3) is 5.72. The molecule has 0 aromatic rings. The van der Waals surface area contributed by atoms with Crippen molar-refractivity contribution >= 4 is 10.2 Å². The number of nitrogens with one attached hydrogen (secondary N) is 1. The minimum Gasteiger partial charge on any atom is -0.202 e. The van der Waals surface area contributed by atoms with Gasteiger partial charge in [-0.3, -0.25) is 0 Å². The van der Waals surface area contributed by atoms with Crippen LogP contribution in [0.4, 0.5) is 0 Å². The molecule has 5 nitrogen and oxygen atoms in total. The second-order valence-corrected chi connectivity index (χ2v) is 5.92. The maximum Gasteiger partial charge on any atom is 0.279 e. The van der Waals surface area contributed by atoms with E-state index in [1.54, 1.807) is 6.92 Å². The molecule has 15 heavy (non-hydrogen) atoms. The zero-order chi connectivity index (χ0) is 12.1. The molecule has 0 amide bonds. The lowest BCUT2D eigenvalue weighted by Crippen LogP contribution is -2.41. The zero-order valence-electron chi connectivity index (χ0n) is 9.69. The Morgan fingerprint density at radius 2 is 1.93 bits per heavy atom. The molecule has 0 aliphatic carbocycles. The minimum atomic E-state index is -3.43. The predicted octanol–water partition coefficient (Wildman–Crippen LogP) is 0.568. The van der Waals surface area contributed by atoms with Gasteiger partial charge in [0.05, 0.1) is 12.0 Å². The predicted molar refractivity (Wildman–Crippen MR) is 59.2 cm³/mol. The van der Waals surface area contributed by atoms with Gasteiger partial charge in [0.1, 0.15) is 0 Å². The lowest BCUT2D eigenvalue weighted by molar-refractivity contribution is 0.426. The second-order valence-electron chi connectivity index (χ2n) is 4.06. The summed E-state index contributed by atoms with van der Waals surface area (Å²) in [5.74, 6) is -0.0350. The first-order valence-electron chi connectivity index (χ1n) is 4.90. The van der Waals surface area contributed by atoms with Crippen molar-refractivity contribution in [1.82, 2.24) is 9.03 Å². The molecule has 0 aliphatic heterocycles. The van der Waals surface area contributed by atoms with Gasteiger partial charge >= 0.3 is 0 Å². The lowest BCUT2D eigenvalue weighted by Gasteiger charge is -2.19. The Labute approximate surface area is 92.3 Å². The van der Waals surface area contributed by atoms with Gasteiger partial charge in [-0.1, -0.05) is 13.8 Å². The molecule has 0 saturated carbocycles. The first kappa shape index (κ1) is 14.4. The van der Waals surface area contributed by atoms with Gasteiger partial charge in [0, 0.05) is 20.1 Å². The van der Waals surface area contributed by atoms with Gasteiger partial charge in [-0.15, -0.1) is 0 Å². The Kier molecular flexibility index (Phi) is 5.80. The number of hydrogen-bond acceptors (Lipinski definition) is 3. The van der Waals surface area contributed by atoms with Crippen LogP contribution in [0.2, 0.25) is 0 Å². The van der Waals surface area contributed by atoms with Crippen molar-refractivity contribution in [3.05, 3.63) is 0 Å². The van der Waals surface area contributed by atoms with Crippen molar-refractivity contribution in [1.29, 1.82) is 5.26 Å². The quantitative estimate of drug-likeness (QED) is 0.729. The number of nitrogens with zero attached hydrogens (tertiary/aromatic N) is 2. The Morgan fingerprint density at radius 1 is 1.40 bits per heavy atom. The van der Waals surface area contributed by atoms with Gasteiger partial charge in [0.25, 0.3) is 10.2 Å². The van der Waals surface area contributed by atoms with Crippen LogP contribution in [0.1, 0.15) is 20.8 Å². The summed E-state index contributed by atoms with van der Waals surface area (Å²) in [4.78, 5) is 0. The third-order valence-electron chi connectivity index (χ3n) is 1.84. The molecule has 0 saturated heterocycles. The minimum absolute atomic E-state index is 0.212. The smallest absolute Gasteiger partial charge is 0.202 e. The molecule has 6 heteroatoms. The largest absolute Gasteiger partial charge is 0.279 e. The average Bonchev–Trinajstić information content (AvgIpc) is 2.14. The van der Waals surface area contributed by atoms with Gasteiger partial charge in [-0.25, -0.2) is 4.72 Å². The van der Waals surface area contributed by atoms with Crippen molar-refractivity contribution in [3.8, 4) is 6.07 Å². The molecule has 0 aliphatic rings. The van der Waals surface area contributed by atoms with E-state index >= 15 is 0 Å². The molecule has 0 heterocycles. The van der Waals surface area contributed by atoms with Crippen LogP contribution in [0, 0.1) is 23.2 Å². The molecule has 0 spiro atoms. The summed E-state index contributed by atoms with van der Waals surface area (Å²) in [7, 11) is -1.96. The summed E-state index contributed by atoms with van der Waals surface area (Å²) >= 11 is 0. The van der Waals surface area contributed by atoms with Gasteiger partial charge in [-0.05, 0) is 12.8 Å². The summed E-state index contributed by atoms with van der Waals surface area (Å²) in [6.07, 6.45) is 0. The summed E-state index contributed by atoms with van der Waals surface area (Å²) in [6, 6.07) is 2.00. The van der Waals surface area contributed by atoms with Crippen LogP contribution in [0.15, 0.2) is 0 Å². The Balaban J connectivity index is 4.28. The highest BCUT2D eigenvalue weighted by molar-refractivity contribution is 7.87. The van der Waals surface area contributed by atoms with Crippen LogP contribution in [0.25, 0.3) is 0 Å². The monoisotopic (exact) mass is 233 g/mol. The number of rotatable bonds is 6. The molecular weight excluding hydrogens is 214 g/mol. The van der Waals surface area contributed by atoms with Crippen molar-refractivity contribution in [2.45, 2.75) is 20.8 Å². The van der Waals surface area contributed by atoms with Crippen LogP contribution in [0.5, 0.6) is 0 Å². The summed E-state index contributed by atoms with van der Waals surface area (Å²) in [5, 5.41) is 8.58. The van der Waals surface area contributed by atoms with E-state index in [1.807, 2.05) is 19.9 Å². The van der Waals surface area contributed by atoms with Crippen LogP contribution in [-0.4, -0.2) is 32.9 Å². The molecule has 1 atom stereocenters. The van der Waals surface area contributed by atoms with E-state index < -0.39 is 10.2 Å². The third-order valence-corrected chi connectivity index (χ3v) is 3.34. The van der Waals surface area contributed by atoms with Gasteiger partial charge in [0.2, 0.25) is 0 Å². The lowest BCUT2D eigenvalue weighted by atomic mass is 10.2. The van der Waals surface area contributed by atoms with Crippen molar-refractivity contribution < 1.29 is 8.42 Å². The maximum absolute atomic E-state index is 11.6. The highest BCUT2D eigenvalue weighted by Gasteiger charge is 2.19. The summed E-state index contributed by atoms with van der Waals surface area (Å²) in [5.41, 5.74) is 0. The van der Waals surface area contributed by atoms with E-state index in [9.17, 15) is 8.42 Å². The van der Waals surface area contributed by atoms with E-state index in [4.69, 9.17) is 5.26 Å². The highest BCUT2D eigenvalue weighted by atomic mass is 32.2. The van der Waals surface area contributed by atoms with Gasteiger partial charge < -0.3 is 0 Å². The average molecular weight is 233 g/mol. The molecule has 0 bridgehead atoms. The van der Waals surface area contributed by atoms with E-state index in [0.29, 0.717) is 6.54 Å². The Hall–Kier alpha value is -0.640. The van der Waals surface area contributed by atoms with Crippen molar-refractivity contribution in [2.24, 2.45) is 11.8 Å². The molecular formula is C9H19N3O2S. The number of hydrogen-bond donors (Lipinski definition) is 1. The van der Waals surface area contributed by atoms with E-state index in [2.05, 4.69) is 4.72 Å². The fraction of sp³-hybridized carbons (Fsp3) is 0.889. The molecule has 88 valence electrons. The molecule has 0 fully saturated rings. The fourth-order valence-electron chi connectivity index (χ4n) is 0.907. The zero-order valence-corrected chi connectivity index (χ0v) is 10.5. The van der Waals surface area contributed by atoms with Crippen molar-refractivity contribution in [2.75, 3.05) is 20.1 Å². The van der Waals surface area contributed by atoms with Crippen LogP contribution >= 0.6 is 0 Å². The van der Waals surface area contributed by atoms with Gasteiger partial charge in [0.15, 0.2) is 0 Å². The summed E-state index contributed by atoms with van der Waals surface area (Å²) in [6.45, 7) is 6.17. The van der Waals surface area contributed by atoms with Crippen LogP contribution in [0.3, 0.4) is 0 Å². The molecule has 1 unspecified atom stereocenters. The maximum atomic E-state index is 11.6. The van der Waals surface area contributed by atoms with E-state index in [1.165, 1.54) is 11.4 Å². The van der Waals surface area contributed by atoms with Crippen LogP contribution < -0.4 is 4.72 Å². The van der Waals surface area contributed by atoms with E-state index in [-0.39, 0.29) is 18.4 Å². The standard InChI is InChI=1S/C9H19N3O2S/c1-8(2)6-11-15(13,14)12(4)7-9(3)5-10/h8-9,11H,6-7H2,1-4H3. The first-order valence-corrected chi connectivity index (χ1v) is 6.34. The first-order chi connectivity index (χ1) is 6.79.